The van der Waals surface area contributed by atoms with Crippen LogP contribution in [0.15, 0.2) is 6.07 Å². The van der Waals surface area contributed by atoms with Crippen LogP contribution in [0, 0.1) is 16.7 Å². The number of rotatable bonds is 5. The van der Waals surface area contributed by atoms with Crippen molar-refractivity contribution in [1.82, 2.24) is 0 Å². The number of anilines is 2. The molecule has 3 N–H and O–H groups in total. The number of nitrogens with two attached hydrogens (primary N) is 1. The van der Waals surface area contributed by atoms with E-state index in [-0.39, 0.29) is 11.4 Å². The number of hydrogen-bond acceptors (Lipinski definition) is 6. The molecule has 0 aliphatic heterocycles. The summed E-state index contributed by atoms with van der Waals surface area (Å²) in [7, 11) is 1.34. The van der Waals surface area contributed by atoms with E-state index in [1.54, 1.807) is 6.07 Å². The Balaban J connectivity index is 2.00. The predicted octanol–water partition coefficient (Wildman–Crippen LogP) is 2.22. The quantitative estimate of drug-likeness (QED) is 0.797. The third-order valence-corrected chi connectivity index (χ3v) is 4.16. The topological polar surface area (TPSA) is 88.1 Å². The Labute approximate surface area is 110 Å². The summed E-state index contributed by atoms with van der Waals surface area (Å²) in [6.07, 6.45) is 2.71. The first kappa shape index (κ1) is 12.7. The van der Waals surface area contributed by atoms with Crippen LogP contribution >= 0.6 is 11.3 Å². The number of hydrogen-bond donors (Lipinski definition) is 2. The van der Waals surface area contributed by atoms with E-state index in [1.165, 1.54) is 18.4 Å². The minimum Gasteiger partial charge on any atom is -0.465 e. The first-order chi connectivity index (χ1) is 8.60. The number of carbonyl (C=O) groups excluding carboxylic acids is 1. The van der Waals surface area contributed by atoms with Crippen molar-refractivity contribution in [3.8, 4) is 6.07 Å². The van der Waals surface area contributed by atoms with Crippen molar-refractivity contribution < 1.29 is 9.53 Å². The molecule has 1 saturated carbocycles. The lowest BCUT2D eigenvalue weighted by Gasteiger charge is -2.12. The summed E-state index contributed by atoms with van der Waals surface area (Å²) in [6, 6.07) is 3.91. The summed E-state index contributed by atoms with van der Waals surface area (Å²) in [5, 5.41) is 12.5. The normalized spacial score (nSPS) is 15.8. The minimum atomic E-state index is -0.377. The van der Waals surface area contributed by atoms with Gasteiger partial charge in [0.05, 0.1) is 18.9 Å². The molecule has 0 saturated heterocycles. The summed E-state index contributed by atoms with van der Waals surface area (Å²) in [6.45, 7) is 0.724. The van der Waals surface area contributed by atoms with Crippen molar-refractivity contribution >= 4 is 28.0 Å². The third kappa shape index (κ3) is 2.57. The Hall–Kier alpha value is -1.74. The number of thiophene rings is 1. The maximum absolute atomic E-state index is 11.4. The Kier molecular flexibility index (Phi) is 3.43. The Bertz CT molecular complexity index is 500. The van der Waals surface area contributed by atoms with Crippen molar-refractivity contribution in [2.75, 3.05) is 24.7 Å². The third-order valence-electron chi connectivity index (χ3n) is 3.21. The fourth-order valence-corrected chi connectivity index (χ4v) is 2.61. The summed E-state index contributed by atoms with van der Waals surface area (Å²) in [5.41, 5.74) is 6.70. The molecule has 0 amide bonds. The van der Waals surface area contributed by atoms with Gasteiger partial charge in [-0.2, -0.15) is 5.26 Å². The molecule has 0 aromatic carbocycles. The zero-order valence-corrected chi connectivity index (χ0v) is 11.0. The average Bonchev–Trinajstić information content (AvgIpc) is 3.02. The molecular weight excluding hydrogens is 250 g/mol. The molecule has 18 heavy (non-hydrogen) atoms. The highest BCUT2D eigenvalue weighted by atomic mass is 32.1. The monoisotopic (exact) mass is 265 g/mol. The lowest BCUT2D eigenvalue weighted by molar-refractivity contribution is 0.0606. The van der Waals surface area contributed by atoms with Gasteiger partial charge in [0.15, 0.2) is 0 Å². The summed E-state index contributed by atoms with van der Waals surface area (Å²) in [4.78, 5) is 11.8. The predicted molar refractivity (Wildman–Crippen MR) is 70.5 cm³/mol. The molecule has 0 atom stereocenters. The highest BCUT2D eigenvalue weighted by Gasteiger charge is 2.42. The van der Waals surface area contributed by atoms with Gasteiger partial charge in [0, 0.05) is 18.4 Å². The van der Waals surface area contributed by atoms with Crippen LogP contribution in [0.2, 0.25) is 0 Å². The van der Waals surface area contributed by atoms with Crippen LogP contribution in [0.25, 0.3) is 0 Å². The number of ether oxygens (including phenoxy) is 1. The van der Waals surface area contributed by atoms with Crippen molar-refractivity contribution in [2.24, 2.45) is 5.41 Å². The SMILES string of the molecule is COC(=O)c1cc(NCC2(CC#N)CC2)c(N)s1. The van der Waals surface area contributed by atoms with Crippen LogP contribution in [-0.4, -0.2) is 19.6 Å². The molecule has 2 rings (SSSR count). The van der Waals surface area contributed by atoms with Crippen LogP contribution in [0.1, 0.15) is 28.9 Å². The van der Waals surface area contributed by atoms with E-state index in [0.717, 1.165) is 25.1 Å². The number of methoxy groups -OCH3 is 1. The summed E-state index contributed by atoms with van der Waals surface area (Å²) < 4.78 is 4.65. The number of carbonyl (C=O) groups is 1. The lowest BCUT2D eigenvalue weighted by atomic mass is 10.0. The molecule has 0 radical (unpaired) electrons. The Morgan fingerprint density at radius 3 is 3.00 bits per heavy atom. The van der Waals surface area contributed by atoms with Gasteiger partial charge < -0.3 is 15.8 Å². The molecule has 0 bridgehead atoms. The Morgan fingerprint density at radius 2 is 2.44 bits per heavy atom. The van der Waals surface area contributed by atoms with E-state index in [9.17, 15) is 4.79 Å². The van der Waals surface area contributed by atoms with Gasteiger partial charge in [-0.05, 0) is 18.9 Å². The van der Waals surface area contributed by atoms with Gasteiger partial charge in [-0.25, -0.2) is 4.79 Å². The summed E-state index contributed by atoms with van der Waals surface area (Å²) in [5.74, 6) is -0.377. The first-order valence-corrected chi connectivity index (χ1v) is 6.50. The van der Waals surface area contributed by atoms with Crippen LogP contribution in [0.3, 0.4) is 0 Å². The molecule has 0 spiro atoms. The smallest absolute Gasteiger partial charge is 0.348 e. The van der Waals surface area contributed by atoms with Crippen molar-refractivity contribution in [3.63, 3.8) is 0 Å². The second-order valence-electron chi connectivity index (χ2n) is 4.57. The van der Waals surface area contributed by atoms with E-state index in [2.05, 4.69) is 16.1 Å². The lowest BCUT2D eigenvalue weighted by Crippen LogP contribution is -2.15. The van der Waals surface area contributed by atoms with Crippen molar-refractivity contribution in [3.05, 3.63) is 10.9 Å². The first-order valence-electron chi connectivity index (χ1n) is 5.69. The summed E-state index contributed by atoms with van der Waals surface area (Å²) >= 11 is 1.21. The highest BCUT2D eigenvalue weighted by molar-refractivity contribution is 7.18. The van der Waals surface area contributed by atoms with Gasteiger partial charge >= 0.3 is 5.97 Å². The minimum absolute atomic E-state index is 0.106. The van der Waals surface area contributed by atoms with Crippen molar-refractivity contribution in [1.29, 1.82) is 5.26 Å². The van der Waals surface area contributed by atoms with Gasteiger partial charge in [-0.1, -0.05) is 0 Å². The molecule has 6 heteroatoms. The number of nitrogen functional groups attached to an aromatic ring is 1. The van der Waals surface area contributed by atoms with Gasteiger partial charge in [-0.3, -0.25) is 0 Å². The molecule has 1 fully saturated rings. The molecule has 1 aliphatic carbocycles. The zero-order valence-electron chi connectivity index (χ0n) is 10.2. The van der Waals surface area contributed by atoms with Crippen LogP contribution < -0.4 is 11.1 Å². The van der Waals surface area contributed by atoms with E-state index in [4.69, 9.17) is 11.0 Å². The Morgan fingerprint density at radius 1 is 1.72 bits per heavy atom. The van der Waals surface area contributed by atoms with Gasteiger partial charge in [0.25, 0.3) is 0 Å². The van der Waals surface area contributed by atoms with Crippen LogP contribution in [-0.2, 0) is 4.74 Å². The van der Waals surface area contributed by atoms with Crippen molar-refractivity contribution in [2.45, 2.75) is 19.3 Å². The number of nitrogens with zero attached hydrogens (tertiary/aromatic N) is 1. The molecule has 96 valence electrons. The highest BCUT2D eigenvalue weighted by Crippen LogP contribution is 2.48. The van der Waals surface area contributed by atoms with Gasteiger partial charge in [-0.15, -0.1) is 11.3 Å². The molecule has 5 nitrogen and oxygen atoms in total. The van der Waals surface area contributed by atoms with E-state index in [0.29, 0.717) is 16.3 Å². The van der Waals surface area contributed by atoms with Crippen LogP contribution in [0.5, 0.6) is 0 Å². The molecule has 0 unspecified atom stereocenters. The van der Waals surface area contributed by atoms with Crippen LogP contribution in [0.4, 0.5) is 10.7 Å². The standard InChI is InChI=1S/C12H15N3O2S/c1-17-11(16)9-6-8(10(14)18-9)15-7-12(2-3-12)4-5-13/h6,15H,2-4,7,14H2,1H3. The molecule has 1 aliphatic rings. The number of nitriles is 1. The number of esters is 1. The van der Waals surface area contributed by atoms with Gasteiger partial charge in [0.1, 0.15) is 9.88 Å². The fraction of sp³-hybridized carbons (Fsp3) is 0.500. The van der Waals surface area contributed by atoms with E-state index in [1.807, 2.05) is 0 Å². The number of nitrogens with one attached hydrogen (secondary N) is 1. The second kappa shape index (κ2) is 4.86. The molecular formula is C12H15N3O2S. The molecule has 1 heterocycles. The van der Waals surface area contributed by atoms with E-state index >= 15 is 0 Å². The zero-order chi connectivity index (χ0) is 13.2. The maximum Gasteiger partial charge on any atom is 0.348 e. The largest absolute Gasteiger partial charge is 0.465 e. The van der Waals surface area contributed by atoms with E-state index < -0.39 is 0 Å². The maximum atomic E-state index is 11.4. The van der Waals surface area contributed by atoms with Gasteiger partial charge in [0.2, 0.25) is 0 Å². The fourth-order valence-electron chi connectivity index (χ4n) is 1.79. The molecule has 1 aromatic heterocycles. The average molecular weight is 265 g/mol. The molecule has 1 aromatic rings. The second-order valence-corrected chi connectivity index (χ2v) is 5.65.